The molecule has 46 heteroatoms. The predicted octanol–water partition coefficient (Wildman–Crippen LogP) is 16.3. The van der Waals surface area contributed by atoms with Gasteiger partial charge in [-0.2, -0.15) is 0 Å². The summed E-state index contributed by atoms with van der Waals surface area (Å²) in [4.78, 5) is 131. The Morgan fingerprint density at radius 2 is 0.492 bits per heavy atom. The van der Waals surface area contributed by atoms with E-state index in [1.807, 2.05) is 99.8 Å². The smallest absolute Gasteiger partial charge is 0.339 e. The van der Waals surface area contributed by atoms with Gasteiger partial charge in [-0.1, -0.05) is 18.6 Å². The number of carboxylic acid groups (broad SMARTS) is 7. The molecule has 0 aliphatic rings. The van der Waals surface area contributed by atoms with Crippen LogP contribution in [0, 0.1) is 71.4 Å². The van der Waals surface area contributed by atoms with Crippen molar-refractivity contribution in [2.24, 2.45) is 0 Å². The van der Waals surface area contributed by atoms with E-state index in [1.54, 1.807) is 18.2 Å². The van der Waals surface area contributed by atoms with Crippen LogP contribution in [0.4, 0.5) is 0 Å². The largest absolute Gasteiger partial charge is 0.871 e. The zero-order valence-corrected chi connectivity index (χ0v) is 105. The molecule has 0 atom stereocenters. The Labute approximate surface area is 974 Å². The first-order valence-electron chi connectivity index (χ1n) is 34.0. The first kappa shape index (κ1) is 123. The fourth-order valence-corrected chi connectivity index (χ4v) is 25.8. The number of benzene rings is 7. The summed E-state index contributed by atoms with van der Waals surface area (Å²) in [6.07, 6.45) is 5.95. The molecule has 1 N–H and O–H groups in total. The number of carbonyl (C=O) groups excluding carboxylic acids is 11. The van der Waals surface area contributed by atoms with E-state index >= 15 is 0 Å². The minimum absolute atomic E-state index is 0.00375. The molecule has 0 bridgehead atoms. The van der Waals surface area contributed by atoms with E-state index in [2.05, 4.69) is 407 Å². The van der Waals surface area contributed by atoms with E-state index in [1.165, 1.54) is 12.1 Å². The number of carboxylic acids is 7. The van der Waals surface area contributed by atoms with Gasteiger partial charge in [0.25, 0.3) is 0 Å². The summed E-state index contributed by atoms with van der Waals surface area (Å²) in [5.41, 5.74) is 3.89. The Morgan fingerprint density at radius 1 is 0.262 bits per heavy atom. The van der Waals surface area contributed by atoms with Crippen molar-refractivity contribution in [2.45, 2.75) is 103 Å². The molecule has 7 rings (SSSR count). The van der Waals surface area contributed by atoms with Gasteiger partial charge in [-0.25, -0.2) is 28.8 Å². The summed E-state index contributed by atoms with van der Waals surface area (Å²) in [7, 11) is 0. The molecular weight excluding hydrogens is 3870 g/mol. The van der Waals surface area contributed by atoms with E-state index in [4.69, 9.17) is 33.5 Å². The second-order valence-electron chi connectivity index (χ2n) is 23.4. The van der Waals surface area contributed by atoms with Gasteiger partial charge in [0.1, 0.15) is 0 Å². The van der Waals surface area contributed by atoms with Crippen LogP contribution in [0.3, 0.4) is 0 Å². The number of ether oxygens (including phenoxy) is 6. The van der Waals surface area contributed by atoms with Crippen molar-refractivity contribution in [1.29, 1.82) is 0 Å². The number of hydrogen-bond donors (Lipinski definition) is 1. The number of esters is 5. The second-order valence-corrected chi connectivity index (χ2v) is 46.7. The lowest BCUT2D eigenvalue weighted by molar-refractivity contribution is -0.310. The molecule has 0 saturated heterocycles. The van der Waals surface area contributed by atoms with E-state index in [0.717, 1.165) is 89.1 Å². The highest BCUT2D eigenvalue weighted by atomic mass is 127. The fraction of sp³-hybridized carbons (Fsp3) is 0.289. The first-order chi connectivity index (χ1) is 57.1. The van der Waals surface area contributed by atoms with Crippen molar-refractivity contribution < 1.29 is 127 Å². The zero-order chi connectivity index (χ0) is 92.8. The molecule has 122 heavy (non-hydrogen) atoms. The molecular formula is C76H59I20O26-7. The van der Waals surface area contributed by atoms with Crippen LogP contribution in [0.15, 0.2) is 84.9 Å². The average Bonchev–Trinajstić information content (AvgIpc) is 0.859. The molecule has 666 valence electrons. The number of carbonyl (C=O) groups is 12. The van der Waals surface area contributed by atoms with E-state index in [0.29, 0.717) is 93.3 Å². The van der Waals surface area contributed by atoms with Gasteiger partial charge >= 0.3 is 35.8 Å². The number of rotatable bonds is 35. The van der Waals surface area contributed by atoms with Crippen LogP contribution in [0.5, 0.6) is 5.75 Å². The van der Waals surface area contributed by atoms with Crippen LogP contribution < -0.4 is 35.7 Å². The van der Waals surface area contributed by atoms with Gasteiger partial charge in [0.2, 0.25) is 0 Å². The topological polar surface area (TPSA) is 442 Å². The molecule has 0 saturated carbocycles. The Bertz CT molecular complexity index is 4760. The normalized spacial score (nSPS) is 10.2. The number of aromatic carboxylic acids is 1. The summed E-state index contributed by atoms with van der Waals surface area (Å²) in [5.74, 6) is -9.72. The molecule has 0 spiro atoms. The van der Waals surface area contributed by atoms with Gasteiger partial charge in [0, 0.05) is 113 Å². The fourth-order valence-electron chi connectivity index (χ4n) is 8.29. The molecule has 26 nitrogen and oxygen atoms in total. The first-order valence-corrected chi connectivity index (χ1v) is 55.6. The number of aliphatic carboxylic acids is 6. The summed E-state index contributed by atoms with van der Waals surface area (Å²) in [6.45, 7) is 0.764. The van der Waals surface area contributed by atoms with Gasteiger partial charge in [-0.15, -0.1) is 0 Å². The molecule has 0 radical (unpaired) electrons. The Balaban J connectivity index is 0.000000715. The molecule has 0 heterocycles. The van der Waals surface area contributed by atoms with Crippen LogP contribution in [0.1, 0.15) is 164 Å². The predicted molar refractivity (Wildman–Crippen MR) is 606 cm³/mol. The van der Waals surface area contributed by atoms with Crippen LogP contribution in [-0.4, -0.2) is 116 Å². The maximum atomic E-state index is 12.0. The van der Waals surface area contributed by atoms with Gasteiger partial charge in [0.05, 0.1) is 85.6 Å². The SMILES string of the molecule is O=C(O)c1cc(I)c([O-])c(I)c1.O=C([O-])CCCCCCOC(=O)c1cc(I)cc(I)c1I.O=C([O-])CCCCCOC(=O)c1cc(I)cc(I)c1I.O=C([O-])CCCCOC(=O)c1cc(I)cc(I)c1I.O=C([O-])CCCOC(=O)c1cc(I)cc(I)c1I.O=C([O-])CCOC(=O)c1cc(I)cc(I)c1I.O=C([O-])COCc1c(I)cc(I)cc1I. The van der Waals surface area contributed by atoms with E-state index in [9.17, 15) is 93.3 Å². The maximum absolute atomic E-state index is 12.0. The minimum atomic E-state index is -1.23. The number of halogens is 20. The lowest BCUT2D eigenvalue weighted by atomic mass is 10.1. The highest BCUT2D eigenvalue weighted by Crippen LogP contribution is 2.31. The quantitative estimate of drug-likeness (QED) is 0.0127. The highest BCUT2D eigenvalue weighted by Gasteiger charge is 2.21. The van der Waals surface area contributed by atoms with Crippen molar-refractivity contribution in [3.63, 3.8) is 0 Å². The lowest BCUT2D eigenvalue weighted by Crippen LogP contribution is -2.27. The van der Waals surface area contributed by atoms with E-state index < -0.39 is 53.7 Å². The molecule has 0 fully saturated rings. The van der Waals surface area contributed by atoms with Crippen molar-refractivity contribution in [1.82, 2.24) is 0 Å². The maximum Gasteiger partial charge on any atom is 0.339 e. The van der Waals surface area contributed by atoms with Gasteiger partial charge in [-0.3, -0.25) is 0 Å². The molecule has 0 unspecified atom stereocenters. The highest BCUT2D eigenvalue weighted by molar-refractivity contribution is 14.1. The third-order valence-corrected chi connectivity index (χ3v) is 36.4. The number of unbranched alkanes of at least 4 members (excludes halogenated alkanes) is 6. The summed E-state index contributed by atoms with van der Waals surface area (Å²) in [5, 5.41) is 81.0. The Kier molecular flexibility index (Phi) is 68.8. The van der Waals surface area contributed by atoms with Crippen molar-refractivity contribution >= 4 is 523 Å². The molecule has 0 aliphatic heterocycles. The summed E-state index contributed by atoms with van der Waals surface area (Å²) < 4.78 is 48.9. The third-order valence-electron chi connectivity index (χ3n) is 14.0. The standard InChI is InChI=1S/C14H15I3O4.C13H13I3O4.C12H11I3O4.C11H9I3O4.C10H7I3O4.C9H7I3O3.C7H4I2O3/c15-9-7-10(13(17)11(16)8-9)14(20)21-6-4-2-1-3-5-12(18)19;14-8-6-9(12(16)10(15)7-8)13(19)20-5-3-1-2-4-11(17)18;13-7-5-8(11(15)9(14)6-7)12(18)19-4-2-1-3-10(16)17;12-6-4-7(10(14)8(13)5-6)11(17)18-3-1-2-9(15)16;11-5-3-6(9(13)7(12)4-5)10(16)17-2-1-8(14)15;10-5-1-7(11)6(8(12)2-5)3-15-4-9(13)14;8-4-1-3(7(11)12)2-5(9)6(4)10/h7-8H,1-6H2,(H,18,19);6-7H,1-5H2,(H,17,18);5-6H,1-4H2,(H,16,17);4-5H,1-3H2,(H,15,16);3-4H,1-2H2,(H,14,15);1-2H,3-4H2,(H,13,14);1-2,10H,(H,11,12)/p-7. The van der Waals surface area contributed by atoms with Gasteiger partial charge in [-0.05, 0) is 614 Å². The van der Waals surface area contributed by atoms with Crippen LogP contribution in [0.25, 0.3) is 0 Å². The average molecular weight is 3930 g/mol. The monoisotopic (exact) mass is 3930 g/mol. The van der Waals surface area contributed by atoms with E-state index in [-0.39, 0.29) is 94.2 Å². The Morgan fingerprint density at radius 3 is 0.770 bits per heavy atom. The second kappa shape index (κ2) is 68.5. The molecule has 0 aromatic heterocycles. The van der Waals surface area contributed by atoms with Crippen molar-refractivity contribution in [2.75, 3.05) is 39.6 Å². The third kappa shape index (κ3) is 53.2. The van der Waals surface area contributed by atoms with Crippen LogP contribution >= 0.6 is 452 Å². The van der Waals surface area contributed by atoms with Gasteiger partial charge in [0.15, 0.2) is 0 Å². The molecule has 0 aliphatic carbocycles. The molecule has 7 aromatic rings. The summed E-state index contributed by atoms with van der Waals surface area (Å²) >= 11 is 42.5. The lowest BCUT2D eigenvalue weighted by Gasteiger charge is -2.11. The van der Waals surface area contributed by atoms with Crippen molar-refractivity contribution in [3.8, 4) is 5.75 Å². The number of hydrogen-bond acceptors (Lipinski definition) is 25. The summed E-state index contributed by atoms with van der Waals surface area (Å²) in [6, 6.07) is 25.6. The molecule has 0 amide bonds. The Hall–Kier alpha value is 2.54. The minimum Gasteiger partial charge on any atom is -0.871 e. The van der Waals surface area contributed by atoms with Crippen molar-refractivity contribution in [3.05, 3.63) is 195 Å². The van der Waals surface area contributed by atoms with Gasteiger partial charge < -0.3 is 98.0 Å². The van der Waals surface area contributed by atoms with Crippen LogP contribution in [-0.2, 0) is 63.8 Å². The molecule has 7 aromatic carbocycles. The van der Waals surface area contributed by atoms with Crippen LogP contribution in [0.2, 0.25) is 0 Å². The zero-order valence-electron chi connectivity index (χ0n) is 61.9.